The predicted octanol–water partition coefficient (Wildman–Crippen LogP) is 3.57. The Morgan fingerprint density at radius 2 is 1.50 bits per heavy atom. The zero-order chi connectivity index (χ0) is 17.9. The molecule has 5 heteroatoms. The molecule has 0 aromatic heterocycles. The largest absolute Gasteiger partial charge is 0.276 e. The molecule has 26 heavy (non-hydrogen) atoms. The first kappa shape index (κ1) is 15.8. The fourth-order valence-electron chi connectivity index (χ4n) is 4.73. The van der Waals surface area contributed by atoms with Gasteiger partial charge < -0.3 is 0 Å². The van der Waals surface area contributed by atoms with E-state index in [1.165, 1.54) is 11.1 Å². The minimum absolute atomic E-state index is 0.239. The maximum absolute atomic E-state index is 12.3. The van der Waals surface area contributed by atoms with Crippen molar-refractivity contribution in [1.29, 1.82) is 0 Å². The number of sulfonamides is 1. The van der Waals surface area contributed by atoms with Crippen LogP contribution in [0.5, 0.6) is 0 Å². The second kappa shape index (κ2) is 5.55. The fraction of sp³-hybridized carbons (Fsp3) is 0.286. The number of aryl methyl sites for hydroxylation is 1. The predicted molar refractivity (Wildman–Crippen MR) is 102 cm³/mol. The van der Waals surface area contributed by atoms with Crippen molar-refractivity contribution >= 4 is 16.2 Å². The number of hydrogen-bond acceptors (Lipinski definition) is 3. The van der Waals surface area contributed by atoms with Gasteiger partial charge in [-0.05, 0) is 42.0 Å². The molecule has 2 aromatic rings. The normalized spacial score (nSPS) is 30.9. The lowest BCUT2D eigenvalue weighted by atomic mass is 9.72. The number of nitrogens with one attached hydrogen (secondary N) is 1. The van der Waals surface area contributed by atoms with E-state index in [9.17, 15) is 8.42 Å². The summed E-state index contributed by atoms with van der Waals surface area (Å²) in [6.07, 6.45) is 6.44. The molecule has 0 heterocycles. The van der Waals surface area contributed by atoms with Gasteiger partial charge in [-0.15, -0.1) is 0 Å². The highest BCUT2D eigenvalue weighted by atomic mass is 32.2. The Labute approximate surface area is 153 Å². The van der Waals surface area contributed by atoms with E-state index < -0.39 is 10.0 Å². The Morgan fingerprint density at radius 1 is 0.923 bits per heavy atom. The summed E-state index contributed by atoms with van der Waals surface area (Å²) >= 11 is 0. The maximum Gasteiger partial charge on any atom is 0.276 e. The molecule has 0 amide bonds. The van der Waals surface area contributed by atoms with Gasteiger partial charge in [0.05, 0.1) is 4.90 Å². The van der Waals surface area contributed by atoms with Crippen LogP contribution in [0.2, 0.25) is 0 Å². The molecule has 1 N–H and O–H groups in total. The summed E-state index contributed by atoms with van der Waals surface area (Å²) < 4.78 is 24.7. The molecule has 1 fully saturated rings. The van der Waals surface area contributed by atoms with Gasteiger partial charge in [-0.3, -0.25) is 0 Å². The van der Waals surface area contributed by atoms with Crippen LogP contribution in [0.3, 0.4) is 0 Å². The average molecular weight is 364 g/mol. The molecule has 2 aromatic carbocycles. The Morgan fingerprint density at radius 3 is 2.08 bits per heavy atom. The topological polar surface area (TPSA) is 58.5 Å². The molecule has 5 atom stereocenters. The monoisotopic (exact) mass is 364 g/mol. The first-order chi connectivity index (χ1) is 12.6. The Hall–Kier alpha value is -2.40. The van der Waals surface area contributed by atoms with Crippen molar-refractivity contribution in [2.45, 2.75) is 23.7 Å². The quantitative estimate of drug-likeness (QED) is 0.512. The summed E-state index contributed by atoms with van der Waals surface area (Å²) in [6, 6.07) is 15.4. The van der Waals surface area contributed by atoms with E-state index in [0.29, 0.717) is 29.6 Å². The zero-order valence-electron chi connectivity index (χ0n) is 14.4. The minimum atomic E-state index is -3.61. The van der Waals surface area contributed by atoms with Crippen LogP contribution in [0.25, 0.3) is 0 Å². The summed E-state index contributed by atoms with van der Waals surface area (Å²) in [7, 11) is -3.61. The molecular weight excluding hydrogens is 344 g/mol. The second-order valence-corrected chi connectivity index (χ2v) is 9.14. The Bertz CT molecular complexity index is 985. The van der Waals surface area contributed by atoms with Gasteiger partial charge in [-0.2, -0.15) is 13.5 Å². The second-order valence-electron chi connectivity index (χ2n) is 7.48. The van der Waals surface area contributed by atoms with Gasteiger partial charge in [0.25, 0.3) is 10.0 Å². The molecule has 1 unspecified atom stereocenters. The van der Waals surface area contributed by atoms with E-state index in [-0.39, 0.29) is 4.90 Å². The van der Waals surface area contributed by atoms with Gasteiger partial charge in [0, 0.05) is 24.0 Å². The van der Waals surface area contributed by atoms with Crippen molar-refractivity contribution < 1.29 is 8.42 Å². The molecular formula is C21H20N2O2S. The third-order valence-electron chi connectivity index (χ3n) is 6.01. The molecule has 4 aliphatic rings. The van der Waals surface area contributed by atoms with Gasteiger partial charge in [-0.25, -0.2) is 4.83 Å². The average Bonchev–Trinajstić information content (AvgIpc) is 3.38. The Balaban J connectivity index is 1.32. The highest BCUT2D eigenvalue weighted by Crippen LogP contribution is 2.67. The zero-order valence-corrected chi connectivity index (χ0v) is 15.2. The van der Waals surface area contributed by atoms with Crippen LogP contribution in [-0.2, 0) is 10.0 Å². The van der Waals surface area contributed by atoms with Crippen molar-refractivity contribution in [3.63, 3.8) is 0 Å². The van der Waals surface area contributed by atoms with Gasteiger partial charge >= 0.3 is 0 Å². The van der Waals surface area contributed by atoms with Crippen molar-refractivity contribution in [1.82, 2.24) is 4.83 Å². The first-order valence-electron chi connectivity index (χ1n) is 8.95. The molecule has 2 bridgehead atoms. The third kappa shape index (κ3) is 2.34. The van der Waals surface area contributed by atoms with Crippen LogP contribution >= 0.6 is 0 Å². The number of benzene rings is 2. The lowest BCUT2D eigenvalue weighted by molar-refractivity contribution is 0.523. The number of allylic oxidation sites excluding steroid dienone is 2. The molecule has 0 aliphatic heterocycles. The van der Waals surface area contributed by atoms with Gasteiger partial charge in [-0.1, -0.05) is 54.1 Å². The van der Waals surface area contributed by atoms with Gasteiger partial charge in [0.2, 0.25) is 0 Å². The van der Waals surface area contributed by atoms with E-state index in [1.54, 1.807) is 30.5 Å². The molecule has 6 rings (SSSR count). The molecule has 4 nitrogen and oxygen atoms in total. The van der Waals surface area contributed by atoms with Crippen LogP contribution in [-0.4, -0.2) is 14.6 Å². The standard InChI is InChI=1S/C21H20N2O2S/c1-13-6-8-14(9-7-13)26(24,25)23-22-12-19-20-17-10-11-18(21(19)20)16-5-3-2-4-15(16)17/h2-12,17-21,23H,1H3/b22-12+/t17-,18+,19?,20+,21-. The minimum Gasteiger partial charge on any atom is -0.200 e. The lowest BCUT2D eigenvalue weighted by Crippen LogP contribution is -2.19. The Kier molecular flexibility index (Phi) is 3.38. The lowest BCUT2D eigenvalue weighted by Gasteiger charge is -2.32. The van der Waals surface area contributed by atoms with Crippen molar-refractivity contribution in [2.24, 2.45) is 22.9 Å². The van der Waals surface area contributed by atoms with Crippen LogP contribution < -0.4 is 4.83 Å². The molecule has 0 spiro atoms. The highest BCUT2D eigenvalue weighted by Gasteiger charge is 2.61. The summed E-state index contributed by atoms with van der Waals surface area (Å²) in [6.45, 7) is 1.93. The summed E-state index contributed by atoms with van der Waals surface area (Å²) in [5.74, 6) is 2.30. The van der Waals surface area contributed by atoms with E-state index in [4.69, 9.17) is 0 Å². The highest BCUT2D eigenvalue weighted by molar-refractivity contribution is 7.89. The van der Waals surface area contributed by atoms with Crippen LogP contribution in [0.1, 0.15) is 28.5 Å². The van der Waals surface area contributed by atoms with Crippen LogP contribution in [0.4, 0.5) is 0 Å². The van der Waals surface area contributed by atoms with E-state index in [0.717, 1.165) is 5.56 Å². The van der Waals surface area contributed by atoms with Gasteiger partial charge in [0.15, 0.2) is 0 Å². The van der Waals surface area contributed by atoms with Crippen molar-refractivity contribution in [3.05, 3.63) is 77.4 Å². The SMILES string of the molecule is Cc1ccc(S(=O)(=O)N/N=C/C2[C@@H]3[C@H]2[C@@H]2C=C[C@H]3c3ccccc32)cc1. The number of hydrazone groups is 1. The van der Waals surface area contributed by atoms with E-state index >= 15 is 0 Å². The fourth-order valence-corrected chi connectivity index (χ4v) is 5.53. The van der Waals surface area contributed by atoms with Crippen molar-refractivity contribution in [2.75, 3.05) is 0 Å². The van der Waals surface area contributed by atoms with E-state index in [2.05, 4.69) is 46.4 Å². The van der Waals surface area contributed by atoms with Crippen LogP contribution in [0.15, 0.2) is 70.7 Å². The van der Waals surface area contributed by atoms with E-state index in [1.807, 2.05) is 6.92 Å². The van der Waals surface area contributed by atoms with Gasteiger partial charge in [0.1, 0.15) is 0 Å². The van der Waals surface area contributed by atoms with Crippen LogP contribution in [0, 0.1) is 24.7 Å². The maximum atomic E-state index is 12.3. The number of nitrogens with zero attached hydrogens (tertiary/aromatic N) is 1. The molecule has 1 saturated carbocycles. The smallest absolute Gasteiger partial charge is 0.200 e. The summed E-state index contributed by atoms with van der Waals surface area (Å²) in [5.41, 5.74) is 3.88. The first-order valence-corrected chi connectivity index (χ1v) is 10.4. The molecule has 132 valence electrons. The summed E-state index contributed by atoms with van der Waals surface area (Å²) in [5, 5.41) is 4.10. The number of hydrogen-bond donors (Lipinski definition) is 1. The third-order valence-corrected chi connectivity index (χ3v) is 7.25. The van der Waals surface area contributed by atoms with Crippen molar-refractivity contribution in [3.8, 4) is 0 Å². The molecule has 0 radical (unpaired) electrons. The molecule has 4 aliphatic carbocycles. The summed E-state index contributed by atoms with van der Waals surface area (Å²) in [4.78, 5) is 2.61. The number of rotatable bonds is 4. The molecule has 0 saturated heterocycles.